The Hall–Kier alpha value is -14.0. The van der Waals surface area contributed by atoms with Crippen LogP contribution < -0.4 is 26.2 Å². The Morgan fingerprint density at radius 1 is 0.202 bits per heavy atom. The number of para-hydroxylation sites is 4. The molecular formula is C114H91BN4. The third-order valence-electron chi connectivity index (χ3n) is 25.1. The van der Waals surface area contributed by atoms with Crippen LogP contribution in [0.4, 0.5) is 34.1 Å². The van der Waals surface area contributed by atoms with E-state index in [1.807, 2.05) is 0 Å². The molecule has 119 heavy (non-hydrogen) atoms. The first-order valence-electron chi connectivity index (χ1n) is 42.0. The van der Waals surface area contributed by atoms with E-state index in [9.17, 15) is 0 Å². The molecule has 4 heterocycles. The van der Waals surface area contributed by atoms with Gasteiger partial charge >= 0.3 is 0 Å². The summed E-state index contributed by atoms with van der Waals surface area (Å²) >= 11 is 0. The molecule has 5 heteroatoms. The predicted molar refractivity (Wildman–Crippen MR) is 509 cm³/mol. The normalized spacial score (nSPS) is 12.7. The van der Waals surface area contributed by atoms with Crippen molar-refractivity contribution < 1.29 is 0 Å². The van der Waals surface area contributed by atoms with E-state index in [2.05, 4.69) is 469 Å². The largest absolute Gasteiger partial charge is 0.310 e. The Morgan fingerprint density at radius 3 is 0.723 bits per heavy atom. The van der Waals surface area contributed by atoms with Crippen molar-refractivity contribution in [1.82, 2.24) is 9.13 Å². The molecule has 0 aliphatic carbocycles. The number of nitrogens with zero attached hydrogens (tertiary/aromatic N) is 4. The van der Waals surface area contributed by atoms with Crippen LogP contribution in [0.25, 0.3) is 144 Å². The van der Waals surface area contributed by atoms with Crippen LogP contribution in [0.2, 0.25) is 0 Å². The number of fused-ring (bicyclic) bond motifs is 10. The molecule has 0 radical (unpaired) electrons. The van der Waals surface area contributed by atoms with Gasteiger partial charge in [-0.2, -0.15) is 0 Å². The fraction of sp³-hybridized carbons (Fsp3) is 0.105. The van der Waals surface area contributed by atoms with Crippen molar-refractivity contribution in [3.63, 3.8) is 0 Å². The second-order valence-corrected chi connectivity index (χ2v) is 35.6. The van der Waals surface area contributed by atoms with Gasteiger partial charge in [0.25, 0.3) is 6.71 Å². The van der Waals surface area contributed by atoms with E-state index < -0.39 is 5.41 Å². The summed E-state index contributed by atoms with van der Waals surface area (Å²) in [6, 6.07) is 148. The van der Waals surface area contributed by atoms with Gasteiger partial charge in [-0.3, -0.25) is 0 Å². The fourth-order valence-corrected chi connectivity index (χ4v) is 19.0. The molecule has 21 rings (SSSR count). The van der Waals surface area contributed by atoms with Crippen LogP contribution in [-0.2, 0) is 16.2 Å². The molecule has 2 aliphatic rings. The minimum Gasteiger partial charge on any atom is -0.310 e. The molecular weight excluding hydrogens is 1440 g/mol. The highest BCUT2D eigenvalue weighted by Crippen LogP contribution is 2.57. The molecule has 17 aromatic carbocycles. The van der Waals surface area contributed by atoms with Crippen molar-refractivity contribution >= 4 is 101 Å². The third-order valence-corrected chi connectivity index (χ3v) is 25.1. The van der Waals surface area contributed by atoms with E-state index in [4.69, 9.17) is 0 Å². The van der Waals surface area contributed by atoms with Crippen molar-refractivity contribution in [2.24, 2.45) is 0 Å². The van der Waals surface area contributed by atoms with Crippen LogP contribution in [0, 0.1) is 0 Å². The monoisotopic (exact) mass is 1530 g/mol. The van der Waals surface area contributed by atoms with Crippen molar-refractivity contribution in [3.05, 3.63) is 405 Å². The SMILES string of the molecule is CC(C)(C)c1cc(-c2cccc(-c3ccccc3)c2)c(N2c3cc(-n4c5ccccc5c5ccccc54)ccc3B3c4ccc(-n5c6ccccc6c6ccccc65)cc4N(c4c(-c5cccc(-c6ccccc6)c5)cc(C(C)(C)C)cc4-c4cccc(-c5ccccc5)c4)c4cc(C(C)(C)C)cc2c43)c(-c2cccc(-c3ccccc3)c2)c1. The van der Waals surface area contributed by atoms with E-state index >= 15 is 0 Å². The summed E-state index contributed by atoms with van der Waals surface area (Å²) in [6.45, 7) is 21.2. The molecule has 0 unspecified atom stereocenters. The van der Waals surface area contributed by atoms with E-state index in [1.54, 1.807) is 0 Å². The molecule has 0 spiro atoms. The average molecular weight is 1530 g/mol. The number of rotatable bonds is 12. The van der Waals surface area contributed by atoms with Crippen molar-refractivity contribution in [2.45, 2.75) is 78.6 Å². The standard InChI is InChI=1S/C114H91BN4/c1-112(2,3)86-66-95(82-46-30-42-78(62-82)74-34-14-10-15-35-74)110(96(67-86)83-47-31-43-79(63-83)75-36-16-11-17-37-75)118-105-72-89(116-101-54-26-22-50-91(101)92-51-23-27-55-102(92)116)58-60-99(105)115-100-61-59-90(117-103-56-28-24-52-93(103)94-53-25-29-57-104(94)117)73-106(100)119(108-71-88(114(7,8)9)70-107(118)109(108)115)111-97(84-48-32-44-80(64-84)76-38-18-12-19-39-76)68-87(113(4,5)6)69-98(111)85-49-33-45-81(65-85)77-40-20-13-21-41-77/h10-73H,1-9H3. The predicted octanol–water partition coefficient (Wildman–Crippen LogP) is 29.2. The molecule has 4 nitrogen and oxygen atoms in total. The maximum absolute atomic E-state index is 2.77. The highest BCUT2D eigenvalue weighted by atomic mass is 15.2. The lowest BCUT2D eigenvalue weighted by Gasteiger charge is -2.47. The van der Waals surface area contributed by atoms with E-state index in [1.165, 1.54) is 76.9 Å². The first-order valence-corrected chi connectivity index (χ1v) is 42.0. The van der Waals surface area contributed by atoms with Crippen molar-refractivity contribution in [3.8, 4) is 100 Å². The second kappa shape index (κ2) is 28.4. The second-order valence-electron chi connectivity index (χ2n) is 35.6. The average Bonchev–Trinajstić information content (AvgIpc) is 0.985. The fourth-order valence-electron chi connectivity index (χ4n) is 19.0. The van der Waals surface area contributed by atoms with Crippen LogP contribution in [0.15, 0.2) is 388 Å². The Labute approximate surface area is 699 Å². The summed E-state index contributed by atoms with van der Waals surface area (Å²) in [7, 11) is 0. The van der Waals surface area contributed by atoms with Gasteiger partial charge in [0.05, 0.1) is 33.4 Å². The molecule has 0 saturated carbocycles. The maximum atomic E-state index is 2.77. The molecule has 0 N–H and O–H groups in total. The minimum absolute atomic E-state index is 0.280. The zero-order valence-corrected chi connectivity index (χ0v) is 68.8. The van der Waals surface area contributed by atoms with Crippen molar-refractivity contribution in [2.75, 3.05) is 9.80 Å². The van der Waals surface area contributed by atoms with Crippen LogP contribution in [0.3, 0.4) is 0 Å². The lowest BCUT2D eigenvalue weighted by Crippen LogP contribution is -2.61. The molecule has 2 aromatic heterocycles. The zero-order valence-electron chi connectivity index (χ0n) is 68.8. The first-order chi connectivity index (χ1) is 57.9. The van der Waals surface area contributed by atoms with Gasteiger partial charge in [0.1, 0.15) is 0 Å². The van der Waals surface area contributed by atoms with Gasteiger partial charge in [0.15, 0.2) is 0 Å². The summed E-state index contributed by atoms with van der Waals surface area (Å²) < 4.78 is 5.04. The Bertz CT molecular complexity index is 6490. The number of aromatic nitrogens is 2. The minimum atomic E-state index is -0.403. The summed E-state index contributed by atoms with van der Waals surface area (Å²) in [5.41, 5.74) is 38.2. The summed E-state index contributed by atoms with van der Waals surface area (Å²) in [4.78, 5) is 5.54. The number of benzene rings is 17. The van der Waals surface area contributed by atoms with Crippen LogP contribution in [0.5, 0.6) is 0 Å². The van der Waals surface area contributed by atoms with Gasteiger partial charge in [0, 0.05) is 77.9 Å². The Kier molecular flexibility index (Phi) is 17.4. The van der Waals surface area contributed by atoms with Gasteiger partial charge in [-0.25, -0.2) is 0 Å². The molecule has 2 aliphatic heterocycles. The topological polar surface area (TPSA) is 16.3 Å². The molecule has 0 amide bonds. The molecule has 570 valence electrons. The Balaban J connectivity index is 0.954. The van der Waals surface area contributed by atoms with E-state index in [-0.39, 0.29) is 17.5 Å². The van der Waals surface area contributed by atoms with Gasteiger partial charge in [-0.15, -0.1) is 0 Å². The molecule has 0 fully saturated rings. The zero-order chi connectivity index (χ0) is 80.6. The number of anilines is 6. The molecule has 0 atom stereocenters. The summed E-state index contributed by atoms with van der Waals surface area (Å²) in [5.74, 6) is 0. The Morgan fingerprint density at radius 2 is 0.445 bits per heavy atom. The first kappa shape index (κ1) is 72.7. The lowest BCUT2D eigenvalue weighted by atomic mass is 9.33. The molecule has 0 bridgehead atoms. The number of hydrogen-bond donors (Lipinski definition) is 0. The van der Waals surface area contributed by atoms with Gasteiger partial charge < -0.3 is 18.9 Å². The third kappa shape index (κ3) is 12.5. The molecule has 19 aromatic rings. The summed E-state index contributed by atoms with van der Waals surface area (Å²) in [6.07, 6.45) is 0. The maximum Gasteiger partial charge on any atom is 0.252 e. The summed E-state index contributed by atoms with van der Waals surface area (Å²) in [5, 5.41) is 4.87. The van der Waals surface area contributed by atoms with E-state index in [0.29, 0.717) is 0 Å². The van der Waals surface area contributed by atoms with Crippen LogP contribution >= 0.6 is 0 Å². The lowest BCUT2D eigenvalue weighted by molar-refractivity contribution is 0.590. The van der Waals surface area contributed by atoms with Crippen LogP contribution in [0.1, 0.15) is 79.0 Å². The van der Waals surface area contributed by atoms with Gasteiger partial charge in [-0.05, 0) is 225 Å². The van der Waals surface area contributed by atoms with E-state index in [0.717, 1.165) is 134 Å². The van der Waals surface area contributed by atoms with Gasteiger partial charge in [0.2, 0.25) is 0 Å². The van der Waals surface area contributed by atoms with Gasteiger partial charge in [-0.1, -0.05) is 341 Å². The quantitative estimate of drug-likeness (QED) is 0.113. The number of hydrogen-bond acceptors (Lipinski definition) is 2. The molecule has 0 saturated heterocycles. The smallest absolute Gasteiger partial charge is 0.252 e. The highest BCUT2D eigenvalue weighted by molar-refractivity contribution is 7.00. The van der Waals surface area contributed by atoms with Crippen molar-refractivity contribution in [1.29, 1.82) is 0 Å². The highest BCUT2D eigenvalue weighted by Gasteiger charge is 2.47. The van der Waals surface area contributed by atoms with Crippen LogP contribution in [-0.4, -0.2) is 15.8 Å².